The van der Waals surface area contributed by atoms with E-state index in [1.165, 1.54) is 25.7 Å². The molecule has 4 unspecified atom stereocenters. The number of likely N-dealkylation sites (tertiary alicyclic amines) is 1. The molecular formula is C14H29NO4. The molecule has 0 saturated carbocycles. The third kappa shape index (κ3) is 4.39. The lowest BCUT2D eigenvalue weighted by molar-refractivity contribution is 0.0130. The molecule has 0 aliphatic carbocycles. The van der Waals surface area contributed by atoms with E-state index < -0.39 is 24.3 Å². The van der Waals surface area contributed by atoms with E-state index in [2.05, 4.69) is 6.92 Å². The molecule has 0 radical (unpaired) electrons. The highest BCUT2D eigenvalue weighted by Crippen LogP contribution is 2.25. The zero-order chi connectivity index (χ0) is 14.3. The van der Waals surface area contributed by atoms with E-state index in [4.69, 9.17) is 0 Å². The molecule has 0 spiro atoms. The zero-order valence-electron chi connectivity index (χ0n) is 11.9. The van der Waals surface area contributed by atoms with Gasteiger partial charge in [-0.15, -0.1) is 0 Å². The second kappa shape index (κ2) is 8.87. The lowest BCUT2D eigenvalue weighted by Gasteiger charge is -2.28. The van der Waals surface area contributed by atoms with Crippen molar-refractivity contribution < 1.29 is 20.4 Å². The Morgan fingerprint density at radius 3 is 1.74 bits per heavy atom. The first-order valence-electron chi connectivity index (χ1n) is 7.51. The molecule has 0 aromatic rings. The highest BCUT2D eigenvalue weighted by atomic mass is 16.3. The van der Waals surface area contributed by atoms with Crippen molar-refractivity contribution in [3.63, 3.8) is 0 Å². The van der Waals surface area contributed by atoms with Crippen molar-refractivity contribution >= 4 is 0 Å². The van der Waals surface area contributed by atoms with E-state index in [0.717, 1.165) is 12.8 Å². The van der Waals surface area contributed by atoms with Gasteiger partial charge in [0.1, 0.15) is 0 Å². The average Bonchev–Trinajstić information content (AvgIpc) is 2.65. The van der Waals surface area contributed by atoms with E-state index >= 15 is 0 Å². The minimum atomic E-state index is -0.970. The molecule has 0 aromatic heterocycles. The summed E-state index contributed by atoms with van der Waals surface area (Å²) in [6, 6.07) is -0.911. The summed E-state index contributed by atoms with van der Waals surface area (Å²) in [5.74, 6) is 0. The number of hydrogen-bond acceptors (Lipinski definition) is 5. The highest BCUT2D eigenvalue weighted by Gasteiger charge is 2.46. The number of unbranched alkanes of at least 4 members (excludes halogenated alkanes) is 5. The van der Waals surface area contributed by atoms with Gasteiger partial charge >= 0.3 is 0 Å². The van der Waals surface area contributed by atoms with Gasteiger partial charge in [0, 0.05) is 0 Å². The van der Waals surface area contributed by atoms with E-state index in [-0.39, 0.29) is 13.2 Å². The molecule has 1 aliphatic heterocycles. The normalized spacial score (nSPS) is 32.1. The lowest BCUT2D eigenvalue weighted by Crippen LogP contribution is -2.43. The minimum absolute atomic E-state index is 0.190. The van der Waals surface area contributed by atoms with Crippen LogP contribution in [0.4, 0.5) is 0 Å². The topological polar surface area (TPSA) is 84.2 Å². The standard InChI is InChI=1S/C14H29NO4/c1-2-3-4-5-6-7-8-15-11(9-16)13(18)14(19)12(15)10-17/h11-14,16-19H,2-10H2,1H3. The maximum Gasteiger partial charge on any atom is 0.0992 e. The molecule has 0 aromatic carbocycles. The molecular weight excluding hydrogens is 246 g/mol. The maximum atomic E-state index is 9.84. The Kier molecular flexibility index (Phi) is 7.87. The number of aliphatic hydroxyl groups is 4. The Bertz CT molecular complexity index is 223. The minimum Gasteiger partial charge on any atom is -0.395 e. The quantitative estimate of drug-likeness (QED) is 0.449. The van der Waals surface area contributed by atoms with Gasteiger partial charge in [-0.2, -0.15) is 0 Å². The van der Waals surface area contributed by atoms with Crippen LogP contribution in [-0.2, 0) is 0 Å². The summed E-state index contributed by atoms with van der Waals surface area (Å²) >= 11 is 0. The Morgan fingerprint density at radius 1 is 0.789 bits per heavy atom. The molecule has 4 N–H and O–H groups in total. The molecule has 4 atom stereocenters. The van der Waals surface area contributed by atoms with Crippen LogP contribution in [0.2, 0.25) is 0 Å². The summed E-state index contributed by atoms with van der Waals surface area (Å²) in [5, 5.41) is 38.3. The molecule has 1 fully saturated rings. The molecule has 0 amide bonds. The first-order chi connectivity index (χ1) is 9.17. The summed E-state index contributed by atoms with van der Waals surface area (Å²) in [4.78, 5) is 1.86. The van der Waals surface area contributed by atoms with Crippen LogP contribution in [0.15, 0.2) is 0 Å². The van der Waals surface area contributed by atoms with Crippen LogP contribution in [0.5, 0.6) is 0 Å². The summed E-state index contributed by atoms with van der Waals surface area (Å²) in [5.41, 5.74) is 0. The fourth-order valence-corrected chi connectivity index (χ4v) is 2.93. The van der Waals surface area contributed by atoms with Crippen molar-refractivity contribution in [3.8, 4) is 0 Å². The summed E-state index contributed by atoms with van der Waals surface area (Å²) in [7, 11) is 0. The van der Waals surface area contributed by atoms with Crippen LogP contribution in [-0.4, -0.2) is 69.4 Å². The largest absolute Gasteiger partial charge is 0.395 e. The Hall–Kier alpha value is -0.200. The van der Waals surface area contributed by atoms with Crippen molar-refractivity contribution in [2.24, 2.45) is 0 Å². The van der Waals surface area contributed by atoms with Crippen LogP contribution in [0.3, 0.4) is 0 Å². The van der Waals surface area contributed by atoms with Crippen molar-refractivity contribution in [2.75, 3.05) is 19.8 Å². The van der Waals surface area contributed by atoms with Crippen molar-refractivity contribution in [1.82, 2.24) is 4.90 Å². The maximum absolute atomic E-state index is 9.84. The Balaban J connectivity index is 2.36. The second-order valence-corrected chi connectivity index (χ2v) is 5.49. The second-order valence-electron chi connectivity index (χ2n) is 5.49. The van der Waals surface area contributed by atoms with Crippen LogP contribution >= 0.6 is 0 Å². The molecule has 1 heterocycles. The number of nitrogens with zero attached hydrogens (tertiary/aromatic N) is 1. The highest BCUT2D eigenvalue weighted by molar-refractivity contribution is 5.00. The molecule has 114 valence electrons. The SMILES string of the molecule is CCCCCCCCN1C(CO)C(O)C(O)C1CO. The molecule has 0 bridgehead atoms. The monoisotopic (exact) mass is 275 g/mol. The molecule has 1 rings (SSSR count). The predicted molar refractivity (Wildman–Crippen MR) is 73.8 cm³/mol. The predicted octanol–water partition coefficient (Wildman–Crippen LogP) is 0.106. The molecule has 1 saturated heterocycles. The number of hydrogen-bond donors (Lipinski definition) is 4. The van der Waals surface area contributed by atoms with Crippen LogP contribution in [0.25, 0.3) is 0 Å². The van der Waals surface area contributed by atoms with E-state index in [1.54, 1.807) is 0 Å². The Labute approximate surface area is 115 Å². The van der Waals surface area contributed by atoms with Gasteiger partial charge in [0.2, 0.25) is 0 Å². The van der Waals surface area contributed by atoms with Crippen LogP contribution < -0.4 is 0 Å². The third-order valence-electron chi connectivity index (χ3n) is 4.13. The molecule has 5 nitrogen and oxygen atoms in total. The van der Waals surface area contributed by atoms with Gasteiger partial charge in [-0.3, -0.25) is 4.90 Å². The van der Waals surface area contributed by atoms with Gasteiger partial charge < -0.3 is 20.4 Å². The van der Waals surface area contributed by atoms with E-state index in [1.807, 2.05) is 4.90 Å². The van der Waals surface area contributed by atoms with E-state index in [9.17, 15) is 20.4 Å². The van der Waals surface area contributed by atoms with Gasteiger partial charge in [-0.05, 0) is 13.0 Å². The first-order valence-corrected chi connectivity index (χ1v) is 7.51. The van der Waals surface area contributed by atoms with Crippen LogP contribution in [0.1, 0.15) is 45.4 Å². The van der Waals surface area contributed by atoms with Gasteiger partial charge in [-0.1, -0.05) is 39.0 Å². The molecule has 19 heavy (non-hydrogen) atoms. The average molecular weight is 275 g/mol. The van der Waals surface area contributed by atoms with Gasteiger partial charge in [0.05, 0.1) is 37.5 Å². The third-order valence-corrected chi connectivity index (χ3v) is 4.13. The van der Waals surface area contributed by atoms with E-state index in [0.29, 0.717) is 6.54 Å². The smallest absolute Gasteiger partial charge is 0.0992 e. The van der Waals surface area contributed by atoms with Gasteiger partial charge in [0.15, 0.2) is 0 Å². The fourth-order valence-electron chi connectivity index (χ4n) is 2.93. The molecule has 1 aliphatic rings. The fraction of sp³-hybridized carbons (Fsp3) is 1.00. The Morgan fingerprint density at radius 2 is 1.26 bits per heavy atom. The summed E-state index contributed by atoms with van der Waals surface area (Å²) < 4.78 is 0. The first kappa shape index (κ1) is 16.9. The number of rotatable bonds is 9. The number of aliphatic hydroxyl groups excluding tert-OH is 4. The molecule has 5 heteroatoms. The van der Waals surface area contributed by atoms with Crippen LogP contribution in [0, 0.1) is 0 Å². The summed E-state index contributed by atoms with van der Waals surface area (Å²) in [6.45, 7) is 2.51. The van der Waals surface area contributed by atoms with Gasteiger partial charge in [-0.25, -0.2) is 0 Å². The van der Waals surface area contributed by atoms with Crippen molar-refractivity contribution in [2.45, 2.75) is 69.7 Å². The van der Waals surface area contributed by atoms with Crippen molar-refractivity contribution in [1.29, 1.82) is 0 Å². The van der Waals surface area contributed by atoms with Crippen molar-refractivity contribution in [3.05, 3.63) is 0 Å². The summed E-state index contributed by atoms with van der Waals surface area (Å²) in [6.07, 6.45) is 5.07. The van der Waals surface area contributed by atoms with Gasteiger partial charge in [0.25, 0.3) is 0 Å². The lowest BCUT2D eigenvalue weighted by atomic mass is 10.1. The zero-order valence-corrected chi connectivity index (χ0v) is 11.9.